The Labute approximate surface area is 142 Å². The summed E-state index contributed by atoms with van der Waals surface area (Å²) in [5.74, 6) is 0.412. The summed E-state index contributed by atoms with van der Waals surface area (Å²) in [6, 6.07) is 7.77. The number of hydrogen-bond donors (Lipinski definition) is 1. The second-order valence-electron chi connectivity index (χ2n) is 6.29. The van der Waals surface area contributed by atoms with Crippen LogP contribution in [0.5, 0.6) is 0 Å². The molecule has 8 heteroatoms. The predicted octanol–water partition coefficient (Wildman–Crippen LogP) is 1.39. The average Bonchev–Trinajstić information content (AvgIpc) is 3.07. The summed E-state index contributed by atoms with van der Waals surface area (Å²) in [6.45, 7) is 4.13. The second kappa shape index (κ2) is 7.42. The van der Waals surface area contributed by atoms with E-state index in [4.69, 9.17) is 0 Å². The summed E-state index contributed by atoms with van der Waals surface area (Å²) >= 11 is 0. The largest absolute Gasteiger partial charge is 0.279 e. The number of rotatable bonds is 6. The van der Waals surface area contributed by atoms with Crippen LogP contribution in [0.2, 0.25) is 0 Å². The fourth-order valence-corrected chi connectivity index (χ4v) is 4.34. The summed E-state index contributed by atoms with van der Waals surface area (Å²) < 4.78 is 31.1. The second-order valence-corrected chi connectivity index (χ2v) is 8.05. The molecule has 1 aromatic carbocycles. The van der Waals surface area contributed by atoms with Gasteiger partial charge < -0.3 is 0 Å². The summed E-state index contributed by atoms with van der Waals surface area (Å²) in [7, 11) is -3.44. The zero-order valence-electron chi connectivity index (χ0n) is 13.8. The van der Waals surface area contributed by atoms with Gasteiger partial charge in [-0.1, -0.05) is 31.2 Å². The molecule has 1 unspecified atom stereocenters. The molecule has 0 spiro atoms. The molecule has 0 amide bonds. The van der Waals surface area contributed by atoms with Crippen molar-refractivity contribution in [2.24, 2.45) is 5.92 Å². The van der Waals surface area contributed by atoms with Crippen molar-refractivity contribution >= 4 is 10.2 Å². The predicted molar refractivity (Wildman–Crippen MR) is 91.3 cm³/mol. The van der Waals surface area contributed by atoms with E-state index in [0.717, 1.165) is 24.0 Å². The van der Waals surface area contributed by atoms with E-state index in [2.05, 4.69) is 21.7 Å². The van der Waals surface area contributed by atoms with Crippen LogP contribution in [0.15, 0.2) is 36.9 Å². The number of nitrogens with zero attached hydrogens (tertiary/aromatic N) is 4. The van der Waals surface area contributed by atoms with E-state index in [1.807, 2.05) is 24.3 Å². The Hall–Kier alpha value is -1.77. The van der Waals surface area contributed by atoms with Gasteiger partial charge in [0, 0.05) is 19.6 Å². The van der Waals surface area contributed by atoms with E-state index >= 15 is 0 Å². The van der Waals surface area contributed by atoms with Crippen molar-refractivity contribution in [2.75, 3.05) is 13.1 Å². The SMILES string of the molecule is CC1CCCN(S(=O)(=O)NCc2ccccc2Cn2cncn2)C1. The third-order valence-corrected chi connectivity index (χ3v) is 5.84. The third-order valence-electron chi connectivity index (χ3n) is 4.32. The maximum Gasteiger partial charge on any atom is 0.279 e. The first kappa shape index (κ1) is 17.1. The molecule has 130 valence electrons. The Bertz CT molecular complexity index is 761. The van der Waals surface area contributed by atoms with Crippen LogP contribution in [0.4, 0.5) is 0 Å². The van der Waals surface area contributed by atoms with Gasteiger partial charge in [0.25, 0.3) is 10.2 Å². The minimum Gasteiger partial charge on any atom is -0.249 e. The molecule has 1 saturated heterocycles. The third kappa shape index (κ3) is 4.19. The van der Waals surface area contributed by atoms with Crippen molar-refractivity contribution in [3.63, 3.8) is 0 Å². The molecule has 7 nitrogen and oxygen atoms in total. The number of hydrogen-bond acceptors (Lipinski definition) is 4. The van der Waals surface area contributed by atoms with Crippen LogP contribution in [0.3, 0.4) is 0 Å². The van der Waals surface area contributed by atoms with E-state index in [1.54, 1.807) is 15.3 Å². The lowest BCUT2D eigenvalue weighted by Crippen LogP contribution is -2.45. The molecule has 0 aliphatic carbocycles. The zero-order chi connectivity index (χ0) is 17.0. The van der Waals surface area contributed by atoms with Gasteiger partial charge in [-0.3, -0.25) is 0 Å². The average molecular weight is 349 g/mol. The lowest BCUT2D eigenvalue weighted by Gasteiger charge is -2.30. The first-order valence-electron chi connectivity index (χ1n) is 8.18. The fraction of sp³-hybridized carbons (Fsp3) is 0.500. The smallest absolute Gasteiger partial charge is 0.249 e. The van der Waals surface area contributed by atoms with Crippen molar-refractivity contribution in [1.82, 2.24) is 23.8 Å². The van der Waals surface area contributed by atoms with Crippen molar-refractivity contribution in [1.29, 1.82) is 0 Å². The van der Waals surface area contributed by atoms with E-state index < -0.39 is 10.2 Å². The highest BCUT2D eigenvalue weighted by Gasteiger charge is 2.26. The minimum absolute atomic E-state index is 0.276. The van der Waals surface area contributed by atoms with E-state index in [0.29, 0.717) is 25.6 Å². The van der Waals surface area contributed by atoms with Crippen molar-refractivity contribution in [3.05, 3.63) is 48.0 Å². The van der Waals surface area contributed by atoms with Crippen molar-refractivity contribution < 1.29 is 8.42 Å². The number of benzene rings is 1. The van der Waals surface area contributed by atoms with Gasteiger partial charge in [-0.25, -0.2) is 9.67 Å². The Morgan fingerprint density at radius 3 is 2.79 bits per heavy atom. The van der Waals surface area contributed by atoms with Crippen LogP contribution >= 0.6 is 0 Å². The number of aromatic nitrogens is 3. The minimum atomic E-state index is -3.44. The van der Waals surface area contributed by atoms with E-state index in [1.165, 1.54) is 6.33 Å². The first-order chi connectivity index (χ1) is 11.5. The van der Waals surface area contributed by atoms with Gasteiger partial charge in [0.2, 0.25) is 0 Å². The van der Waals surface area contributed by atoms with Gasteiger partial charge in [-0.15, -0.1) is 0 Å². The van der Waals surface area contributed by atoms with Crippen LogP contribution in [-0.4, -0.2) is 40.6 Å². The highest BCUT2D eigenvalue weighted by Crippen LogP contribution is 2.18. The number of nitrogens with one attached hydrogen (secondary N) is 1. The molecule has 1 aliphatic rings. The van der Waals surface area contributed by atoms with E-state index in [9.17, 15) is 8.42 Å². The summed E-state index contributed by atoms with van der Waals surface area (Å²) in [5, 5.41) is 4.10. The highest BCUT2D eigenvalue weighted by molar-refractivity contribution is 7.87. The van der Waals surface area contributed by atoms with Gasteiger partial charge in [0.15, 0.2) is 0 Å². The maximum atomic E-state index is 12.5. The quantitative estimate of drug-likeness (QED) is 0.855. The molecule has 2 aromatic rings. The molecule has 0 radical (unpaired) electrons. The fourth-order valence-electron chi connectivity index (χ4n) is 3.00. The van der Waals surface area contributed by atoms with Gasteiger partial charge >= 0.3 is 0 Å². The Morgan fingerprint density at radius 2 is 2.08 bits per heavy atom. The molecule has 0 saturated carbocycles. The normalized spacial score (nSPS) is 19.5. The molecule has 1 fully saturated rings. The molecule has 24 heavy (non-hydrogen) atoms. The Kier molecular flexibility index (Phi) is 5.27. The summed E-state index contributed by atoms with van der Waals surface area (Å²) in [4.78, 5) is 3.94. The Balaban J connectivity index is 1.68. The van der Waals surface area contributed by atoms with Crippen LogP contribution in [0.1, 0.15) is 30.9 Å². The van der Waals surface area contributed by atoms with Crippen molar-refractivity contribution in [2.45, 2.75) is 32.9 Å². The molecular formula is C16H23N5O2S. The standard InChI is InChI=1S/C16H23N5O2S/c1-14-5-4-8-21(10-14)24(22,23)19-9-15-6-2-3-7-16(15)11-20-13-17-12-18-20/h2-3,6-7,12-14,19H,4-5,8-11H2,1H3. The molecular weight excluding hydrogens is 326 g/mol. The summed E-state index contributed by atoms with van der Waals surface area (Å²) in [5.41, 5.74) is 1.97. The van der Waals surface area contributed by atoms with Gasteiger partial charge in [0.1, 0.15) is 12.7 Å². The monoisotopic (exact) mass is 349 g/mol. The molecule has 1 aromatic heterocycles. The molecule has 1 N–H and O–H groups in total. The highest BCUT2D eigenvalue weighted by atomic mass is 32.2. The van der Waals surface area contributed by atoms with Crippen LogP contribution in [0.25, 0.3) is 0 Å². The molecule has 2 heterocycles. The van der Waals surface area contributed by atoms with Crippen LogP contribution in [-0.2, 0) is 23.3 Å². The molecule has 0 bridgehead atoms. The molecule has 1 aliphatic heterocycles. The van der Waals surface area contributed by atoms with Gasteiger partial charge in [-0.2, -0.15) is 22.5 Å². The van der Waals surface area contributed by atoms with Crippen molar-refractivity contribution in [3.8, 4) is 0 Å². The lowest BCUT2D eigenvalue weighted by molar-refractivity contribution is 0.278. The molecule has 1 atom stereocenters. The summed E-state index contributed by atoms with van der Waals surface area (Å²) in [6.07, 6.45) is 5.15. The van der Waals surface area contributed by atoms with Gasteiger partial charge in [-0.05, 0) is 29.9 Å². The maximum absolute atomic E-state index is 12.5. The number of piperidine rings is 1. The topological polar surface area (TPSA) is 80.1 Å². The first-order valence-corrected chi connectivity index (χ1v) is 9.62. The van der Waals surface area contributed by atoms with Gasteiger partial charge in [0.05, 0.1) is 6.54 Å². The van der Waals surface area contributed by atoms with Crippen LogP contribution in [0, 0.1) is 5.92 Å². The van der Waals surface area contributed by atoms with E-state index in [-0.39, 0.29) is 6.54 Å². The zero-order valence-corrected chi connectivity index (χ0v) is 14.6. The Morgan fingerprint density at radius 1 is 1.29 bits per heavy atom. The van der Waals surface area contributed by atoms with Crippen LogP contribution < -0.4 is 4.72 Å². The molecule has 3 rings (SSSR count). The lowest BCUT2D eigenvalue weighted by atomic mass is 10.0.